The number of guanidine groups is 1. The predicted octanol–water partition coefficient (Wildman–Crippen LogP) is 3.28. The molecule has 27 heavy (non-hydrogen) atoms. The van der Waals surface area contributed by atoms with Crippen LogP contribution in [0.5, 0.6) is 0 Å². The SMILES string of the molecule is CN=C(NCCc1cccc2ccccc12)NC1CCN(CC(F)F)CC1. The lowest BCUT2D eigenvalue weighted by Gasteiger charge is -2.32. The van der Waals surface area contributed by atoms with Gasteiger partial charge in [0.05, 0.1) is 6.54 Å². The molecule has 2 N–H and O–H groups in total. The van der Waals surface area contributed by atoms with Crippen LogP contribution in [0, 0.1) is 0 Å². The number of rotatable bonds is 6. The Kier molecular flexibility index (Phi) is 6.98. The molecule has 0 saturated carbocycles. The van der Waals surface area contributed by atoms with Gasteiger partial charge in [-0.15, -0.1) is 0 Å². The minimum Gasteiger partial charge on any atom is -0.356 e. The first-order chi connectivity index (χ1) is 13.2. The van der Waals surface area contributed by atoms with E-state index >= 15 is 0 Å². The largest absolute Gasteiger partial charge is 0.356 e. The average Bonchev–Trinajstić information content (AvgIpc) is 2.68. The number of likely N-dealkylation sites (tertiary alicyclic amines) is 1. The molecule has 1 saturated heterocycles. The zero-order valence-electron chi connectivity index (χ0n) is 15.8. The van der Waals surface area contributed by atoms with Gasteiger partial charge in [-0.25, -0.2) is 8.78 Å². The summed E-state index contributed by atoms with van der Waals surface area (Å²) in [5, 5.41) is 9.35. The van der Waals surface area contributed by atoms with Crippen molar-refractivity contribution in [1.29, 1.82) is 0 Å². The topological polar surface area (TPSA) is 39.7 Å². The number of benzene rings is 2. The fourth-order valence-corrected chi connectivity index (χ4v) is 3.67. The van der Waals surface area contributed by atoms with Crippen LogP contribution in [0.15, 0.2) is 47.5 Å². The smallest absolute Gasteiger partial charge is 0.251 e. The molecule has 3 rings (SSSR count). The van der Waals surface area contributed by atoms with Crippen LogP contribution in [0.25, 0.3) is 10.8 Å². The minimum absolute atomic E-state index is 0.120. The standard InChI is InChI=1S/C21H28F2N4/c1-24-21(26-18-10-13-27(14-11-18)15-20(22)23)25-12-9-17-7-4-6-16-5-2-3-8-19(16)17/h2-8,18,20H,9-15H2,1H3,(H2,24,25,26). The molecule has 0 unspecified atom stereocenters. The van der Waals surface area contributed by atoms with E-state index in [9.17, 15) is 8.78 Å². The molecule has 0 atom stereocenters. The monoisotopic (exact) mass is 374 g/mol. The van der Waals surface area contributed by atoms with Crippen LogP contribution in [0.1, 0.15) is 18.4 Å². The molecule has 1 fully saturated rings. The molecule has 0 aliphatic carbocycles. The normalized spacial score (nSPS) is 16.8. The predicted molar refractivity (Wildman–Crippen MR) is 108 cm³/mol. The Balaban J connectivity index is 1.46. The van der Waals surface area contributed by atoms with Gasteiger partial charge >= 0.3 is 0 Å². The molecule has 4 nitrogen and oxygen atoms in total. The lowest BCUT2D eigenvalue weighted by atomic mass is 10.0. The number of halogens is 2. The molecule has 0 bridgehead atoms. The van der Waals surface area contributed by atoms with Crippen molar-refractivity contribution >= 4 is 16.7 Å². The fraction of sp³-hybridized carbons (Fsp3) is 0.476. The Hall–Kier alpha value is -2.21. The van der Waals surface area contributed by atoms with Gasteiger partial charge in [0.25, 0.3) is 6.43 Å². The number of aliphatic imine (C=N–C) groups is 1. The first kappa shape index (κ1) is 19.5. The van der Waals surface area contributed by atoms with E-state index in [0.29, 0.717) is 13.1 Å². The van der Waals surface area contributed by atoms with Gasteiger partial charge in [-0.2, -0.15) is 0 Å². The molecule has 1 aliphatic rings. The van der Waals surface area contributed by atoms with Gasteiger partial charge in [-0.3, -0.25) is 9.89 Å². The molecule has 6 heteroatoms. The van der Waals surface area contributed by atoms with Crippen LogP contribution in [-0.4, -0.2) is 56.6 Å². The van der Waals surface area contributed by atoms with E-state index in [2.05, 4.69) is 58.1 Å². The summed E-state index contributed by atoms with van der Waals surface area (Å²) in [6.45, 7) is 2.08. The molecule has 2 aromatic rings. The molecule has 1 aliphatic heterocycles. The third-order valence-electron chi connectivity index (χ3n) is 5.11. The van der Waals surface area contributed by atoms with Crippen molar-refractivity contribution in [2.24, 2.45) is 4.99 Å². The van der Waals surface area contributed by atoms with Crippen LogP contribution in [-0.2, 0) is 6.42 Å². The van der Waals surface area contributed by atoms with E-state index in [-0.39, 0.29) is 12.6 Å². The van der Waals surface area contributed by atoms with Gasteiger partial charge < -0.3 is 10.6 Å². The second-order valence-corrected chi connectivity index (χ2v) is 7.00. The number of nitrogens with zero attached hydrogens (tertiary/aromatic N) is 2. The highest BCUT2D eigenvalue weighted by Gasteiger charge is 2.21. The summed E-state index contributed by atoms with van der Waals surface area (Å²) in [6.07, 6.45) is 0.376. The number of hydrogen-bond acceptors (Lipinski definition) is 2. The molecule has 0 spiro atoms. The van der Waals surface area contributed by atoms with Crippen molar-refractivity contribution in [3.8, 4) is 0 Å². The van der Waals surface area contributed by atoms with Crippen molar-refractivity contribution in [3.63, 3.8) is 0 Å². The summed E-state index contributed by atoms with van der Waals surface area (Å²) in [7, 11) is 1.76. The van der Waals surface area contributed by atoms with Crippen LogP contribution in [0.4, 0.5) is 8.78 Å². The zero-order chi connectivity index (χ0) is 19.1. The molecular weight excluding hydrogens is 346 g/mol. The van der Waals surface area contributed by atoms with Crippen LogP contribution in [0.2, 0.25) is 0 Å². The third kappa shape index (κ3) is 5.63. The number of alkyl halides is 2. The van der Waals surface area contributed by atoms with Crippen molar-refractivity contribution in [2.75, 3.05) is 33.2 Å². The quantitative estimate of drug-likeness (QED) is 0.602. The van der Waals surface area contributed by atoms with E-state index in [1.807, 2.05) is 4.90 Å². The van der Waals surface area contributed by atoms with Gasteiger partial charge in [0.1, 0.15) is 0 Å². The summed E-state index contributed by atoms with van der Waals surface area (Å²) in [6, 6.07) is 15.1. The van der Waals surface area contributed by atoms with E-state index < -0.39 is 6.43 Å². The number of nitrogens with one attached hydrogen (secondary N) is 2. The number of fused-ring (bicyclic) bond motifs is 1. The van der Waals surface area contributed by atoms with Crippen molar-refractivity contribution in [1.82, 2.24) is 15.5 Å². The Bertz CT molecular complexity index is 749. The number of piperidine rings is 1. The summed E-state index contributed by atoms with van der Waals surface area (Å²) in [4.78, 5) is 6.14. The molecule has 0 amide bonds. The van der Waals surface area contributed by atoms with Gasteiger partial charge in [0.15, 0.2) is 5.96 Å². The average molecular weight is 374 g/mol. The second kappa shape index (κ2) is 9.65. The van der Waals surface area contributed by atoms with Gasteiger partial charge in [-0.05, 0) is 35.6 Å². The summed E-state index contributed by atoms with van der Waals surface area (Å²) >= 11 is 0. The van der Waals surface area contributed by atoms with Crippen molar-refractivity contribution in [3.05, 3.63) is 48.0 Å². The highest BCUT2D eigenvalue weighted by molar-refractivity contribution is 5.85. The van der Waals surface area contributed by atoms with E-state index in [1.54, 1.807) is 7.05 Å². The van der Waals surface area contributed by atoms with Gasteiger partial charge in [0, 0.05) is 32.7 Å². The highest BCUT2D eigenvalue weighted by atomic mass is 19.3. The Labute approximate surface area is 159 Å². The third-order valence-corrected chi connectivity index (χ3v) is 5.11. The number of hydrogen-bond donors (Lipinski definition) is 2. The summed E-state index contributed by atoms with van der Waals surface area (Å²) < 4.78 is 24.9. The first-order valence-corrected chi connectivity index (χ1v) is 9.60. The minimum atomic E-state index is -2.25. The molecular formula is C21H28F2N4. The Morgan fingerprint density at radius 1 is 1.15 bits per heavy atom. The van der Waals surface area contributed by atoms with Crippen molar-refractivity contribution < 1.29 is 8.78 Å². The molecule has 2 aromatic carbocycles. The lowest BCUT2D eigenvalue weighted by Crippen LogP contribution is -2.49. The Morgan fingerprint density at radius 3 is 2.63 bits per heavy atom. The molecule has 1 heterocycles. The van der Waals surface area contributed by atoms with E-state index in [0.717, 1.165) is 31.8 Å². The second-order valence-electron chi connectivity index (χ2n) is 7.00. The van der Waals surface area contributed by atoms with E-state index in [1.165, 1.54) is 16.3 Å². The van der Waals surface area contributed by atoms with E-state index in [4.69, 9.17) is 0 Å². The highest BCUT2D eigenvalue weighted by Crippen LogP contribution is 2.18. The van der Waals surface area contributed by atoms with Crippen LogP contribution < -0.4 is 10.6 Å². The maximum Gasteiger partial charge on any atom is 0.251 e. The maximum atomic E-state index is 12.5. The Morgan fingerprint density at radius 2 is 1.89 bits per heavy atom. The lowest BCUT2D eigenvalue weighted by molar-refractivity contribution is 0.0744. The molecule has 146 valence electrons. The van der Waals surface area contributed by atoms with Crippen molar-refractivity contribution in [2.45, 2.75) is 31.7 Å². The van der Waals surface area contributed by atoms with Gasteiger partial charge in [-0.1, -0.05) is 42.5 Å². The fourth-order valence-electron chi connectivity index (χ4n) is 3.67. The summed E-state index contributed by atoms with van der Waals surface area (Å²) in [5.41, 5.74) is 1.32. The summed E-state index contributed by atoms with van der Waals surface area (Å²) in [5.74, 6) is 0.780. The molecule has 0 radical (unpaired) electrons. The van der Waals surface area contributed by atoms with Gasteiger partial charge in [0.2, 0.25) is 0 Å². The zero-order valence-corrected chi connectivity index (χ0v) is 15.8. The van der Waals surface area contributed by atoms with Crippen LogP contribution in [0.3, 0.4) is 0 Å². The van der Waals surface area contributed by atoms with Crippen LogP contribution >= 0.6 is 0 Å². The molecule has 0 aromatic heterocycles. The first-order valence-electron chi connectivity index (χ1n) is 9.60. The maximum absolute atomic E-state index is 12.5.